The van der Waals surface area contributed by atoms with Gasteiger partial charge in [0.15, 0.2) is 5.03 Å². The lowest BCUT2D eigenvalue weighted by Crippen LogP contribution is -2.01. The van der Waals surface area contributed by atoms with Gasteiger partial charge < -0.3 is 0 Å². The lowest BCUT2D eigenvalue weighted by Gasteiger charge is -2.01. The highest BCUT2D eigenvalue weighted by atomic mass is 32.2. The molecule has 0 atom stereocenters. The van der Waals surface area contributed by atoms with Crippen molar-refractivity contribution < 1.29 is 8.42 Å². The molecule has 3 rings (SSSR count). The predicted molar refractivity (Wildman–Crippen MR) is 85.5 cm³/mol. The first kappa shape index (κ1) is 14.3. The van der Waals surface area contributed by atoms with E-state index in [1.807, 2.05) is 31.2 Å². The SMILES string of the molecule is Cc1ccc(S(=O)(=O)N=Cc2cccc3cnccc23)nc1. The summed E-state index contributed by atoms with van der Waals surface area (Å²) in [5, 5.41) is 1.77. The molecule has 1 aromatic carbocycles. The molecule has 0 aliphatic carbocycles. The maximum Gasteiger partial charge on any atom is 0.299 e. The number of aryl methyl sites for hydroxylation is 1. The first-order valence-electron chi connectivity index (χ1n) is 6.62. The first-order valence-corrected chi connectivity index (χ1v) is 8.06. The fourth-order valence-electron chi connectivity index (χ4n) is 2.05. The van der Waals surface area contributed by atoms with Gasteiger partial charge in [-0.1, -0.05) is 24.3 Å². The van der Waals surface area contributed by atoms with Crippen molar-refractivity contribution in [3.05, 3.63) is 66.1 Å². The largest absolute Gasteiger partial charge is 0.299 e. The second kappa shape index (κ2) is 5.65. The third kappa shape index (κ3) is 2.87. The first-order chi connectivity index (χ1) is 10.6. The van der Waals surface area contributed by atoms with Crippen LogP contribution in [0, 0.1) is 6.92 Å². The van der Waals surface area contributed by atoms with Crippen LogP contribution in [-0.4, -0.2) is 24.6 Å². The number of aromatic nitrogens is 2. The van der Waals surface area contributed by atoms with Crippen LogP contribution >= 0.6 is 0 Å². The Labute approximate surface area is 128 Å². The summed E-state index contributed by atoms with van der Waals surface area (Å²) in [5.74, 6) is 0. The zero-order valence-corrected chi connectivity index (χ0v) is 12.7. The summed E-state index contributed by atoms with van der Waals surface area (Å²) in [5.41, 5.74) is 1.61. The van der Waals surface area contributed by atoms with E-state index in [0.29, 0.717) is 0 Å². The van der Waals surface area contributed by atoms with Gasteiger partial charge in [0.05, 0.1) is 0 Å². The molecule has 3 aromatic rings. The molecule has 0 unspecified atom stereocenters. The lowest BCUT2D eigenvalue weighted by molar-refractivity contribution is 0.594. The molecule has 2 aromatic heterocycles. The van der Waals surface area contributed by atoms with E-state index in [-0.39, 0.29) is 5.03 Å². The van der Waals surface area contributed by atoms with Crippen LogP contribution in [0.1, 0.15) is 11.1 Å². The Bertz CT molecular complexity index is 943. The third-order valence-electron chi connectivity index (χ3n) is 3.19. The van der Waals surface area contributed by atoms with Gasteiger partial charge in [-0.3, -0.25) is 4.98 Å². The molecule has 0 N–H and O–H groups in total. The quantitative estimate of drug-likeness (QED) is 0.697. The van der Waals surface area contributed by atoms with Gasteiger partial charge in [-0.15, -0.1) is 0 Å². The van der Waals surface area contributed by atoms with E-state index in [0.717, 1.165) is 21.9 Å². The zero-order chi connectivity index (χ0) is 15.6. The molecular weight excluding hydrogens is 298 g/mol. The second-order valence-electron chi connectivity index (χ2n) is 4.83. The second-order valence-corrected chi connectivity index (χ2v) is 6.41. The van der Waals surface area contributed by atoms with Crippen molar-refractivity contribution in [3.63, 3.8) is 0 Å². The highest BCUT2D eigenvalue weighted by Gasteiger charge is 2.13. The molecule has 0 spiro atoms. The minimum atomic E-state index is -3.80. The molecule has 0 bridgehead atoms. The number of fused-ring (bicyclic) bond motifs is 1. The van der Waals surface area contributed by atoms with Gasteiger partial charge in [0, 0.05) is 35.8 Å². The molecule has 6 heteroatoms. The number of hydrogen-bond acceptors (Lipinski definition) is 4. The molecule has 0 amide bonds. The topological polar surface area (TPSA) is 72.3 Å². The predicted octanol–water partition coefficient (Wildman–Crippen LogP) is 2.75. The molecule has 2 heterocycles. The third-order valence-corrected chi connectivity index (χ3v) is 4.35. The standard InChI is InChI=1S/C16H13N3O2S/c1-12-5-6-16(18-9-12)22(20,21)19-11-14-4-2-3-13-10-17-8-7-15(13)14/h2-11H,1H3. The summed E-state index contributed by atoms with van der Waals surface area (Å²) in [4.78, 5) is 7.96. The van der Waals surface area contributed by atoms with Gasteiger partial charge in [0.25, 0.3) is 10.0 Å². The van der Waals surface area contributed by atoms with E-state index in [9.17, 15) is 8.42 Å². The Balaban J connectivity index is 2.00. The number of pyridine rings is 2. The van der Waals surface area contributed by atoms with E-state index in [4.69, 9.17) is 0 Å². The monoisotopic (exact) mass is 311 g/mol. The van der Waals surface area contributed by atoms with Crippen LogP contribution in [0.25, 0.3) is 10.8 Å². The van der Waals surface area contributed by atoms with Gasteiger partial charge in [0.2, 0.25) is 0 Å². The molecule has 0 aliphatic heterocycles. The molecular formula is C16H13N3O2S. The Morgan fingerprint density at radius 1 is 1.09 bits per heavy atom. The van der Waals surface area contributed by atoms with Gasteiger partial charge in [0.1, 0.15) is 0 Å². The molecule has 0 radical (unpaired) electrons. The minimum Gasteiger partial charge on any atom is -0.264 e. The maximum absolute atomic E-state index is 12.2. The lowest BCUT2D eigenvalue weighted by atomic mass is 10.1. The van der Waals surface area contributed by atoms with E-state index < -0.39 is 10.0 Å². The van der Waals surface area contributed by atoms with Crippen molar-refractivity contribution in [2.45, 2.75) is 11.9 Å². The summed E-state index contributed by atoms with van der Waals surface area (Å²) < 4.78 is 28.1. The molecule has 0 saturated heterocycles. The van der Waals surface area contributed by atoms with E-state index in [1.54, 1.807) is 18.5 Å². The number of rotatable bonds is 3. The van der Waals surface area contributed by atoms with E-state index in [2.05, 4.69) is 14.4 Å². The fraction of sp³-hybridized carbons (Fsp3) is 0.0625. The Hall–Kier alpha value is -2.60. The highest BCUT2D eigenvalue weighted by Crippen LogP contribution is 2.17. The summed E-state index contributed by atoms with van der Waals surface area (Å²) in [6.07, 6.45) is 6.24. The minimum absolute atomic E-state index is 0.0590. The van der Waals surface area contributed by atoms with Crippen LogP contribution in [0.15, 0.2) is 64.4 Å². The smallest absolute Gasteiger partial charge is 0.264 e. The average molecular weight is 311 g/mol. The molecule has 5 nitrogen and oxygen atoms in total. The maximum atomic E-state index is 12.2. The summed E-state index contributed by atoms with van der Waals surface area (Å²) in [7, 11) is -3.80. The van der Waals surface area contributed by atoms with Crippen molar-refractivity contribution in [1.29, 1.82) is 0 Å². The van der Waals surface area contributed by atoms with Crippen LogP contribution in [0.2, 0.25) is 0 Å². The van der Waals surface area contributed by atoms with Gasteiger partial charge in [-0.05, 0) is 30.0 Å². The van der Waals surface area contributed by atoms with E-state index in [1.165, 1.54) is 18.5 Å². The van der Waals surface area contributed by atoms with E-state index >= 15 is 0 Å². The number of nitrogens with zero attached hydrogens (tertiary/aromatic N) is 3. The summed E-state index contributed by atoms with van der Waals surface area (Å²) in [6.45, 7) is 1.84. The zero-order valence-electron chi connectivity index (χ0n) is 11.8. The van der Waals surface area contributed by atoms with Crippen molar-refractivity contribution in [2.75, 3.05) is 0 Å². The van der Waals surface area contributed by atoms with Crippen molar-refractivity contribution in [3.8, 4) is 0 Å². The van der Waals surface area contributed by atoms with Crippen LogP contribution in [0.4, 0.5) is 0 Å². The fourth-order valence-corrected chi connectivity index (χ4v) is 2.83. The summed E-state index contributed by atoms with van der Waals surface area (Å²) >= 11 is 0. The molecule has 0 aliphatic rings. The van der Waals surface area contributed by atoms with Crippen LogP contribution in [0.3, 0.4) is 0 Å². The molecule has 0 fully saturated rings. The number of sulfonamides is 1. The van der Waals surface area contributed by atoms with Crippen LogP contribution in [-0.2, 0) is 10.0 Å². The average Bonchev–Trinajstić information content (AvgIpc) is 2.53. The molecule has 22 heavy (non-hydrogen) atoms. The Morgan fingerprint density at radius 3 is 2.73 bits per heavy atom. The van der Waals surface area contributed by atoms with Gasteiger partial charge >= 0.3 is 0 Å². The van der Waals surface area contributed by atoms with Crippen molar-refractivity contribution in [2.24, 2.45) is 4.40 Å². The summed E-state index contributed by atoms with van der Waals surface area (Å²) in [6, 6.07) is 10.5. The Morgan fingerprint density at radius 2 is 1.95 bits per heavy atom. The highest BCUT2D eigenvalue weighted by molar-refractivity contribution is 7.90. The van der Waals surface area contributed by atoms with Crippen molar-refractivity contribution in [1.82, 2.24) is 9.97 Å². The number of hydrogen-bond donors (Lipinski definition) is 0. The van der Waals surface area contributed by atoms with Crippen LogP contribution in [0.5, 0.6) is 0 Å². The van der Waals surface area contributed by atoms with Crippen LogP contribution < -0.4 is 0 Å². The van der Waals surface area contributed by atoms with Gasteiger partial charge in [-0.25, -0.2) is 4.98 Å². The van der Waals surface area contributed by atoms with Crippen molar-refractivity contribution >= 4 is 27.0 Å². The number of benzene rings is 1. The molecule has 110 valence electrons. The molecule has 0 saturated carbocycles. The Kier molecular flexibility index (Phi) is 3.68. The van der Waals surface area contributed by atoms with Gasteiger partial charge in [-0.2, -0.15) is 12.8 Å². The normalized spacial score (nSPS) is 12.0.